The minimum Gasteiger partial charge on any atom is -0.391 e. The quantitative estimate of drug-likeness (QED) is 0.719. The van der Waals surface area contributed by atoms with Crippen LogP contribution in [0.3, 0.4) is 0 Å². The van der Waals surface area contributed by atoms with Crippen molar-refractivity contribution in [3.63, 3.8) is 0 Å². The molecule has 2 nitrogen and oxygen atoms in total. The zero-order valence-electron chi connectivity index (χ0n) is 7.20. The lowest BCUT2D eigenvalue weighted by atomic mass is 10.0. The van der Waals surface area contributed by atoms with E-state index in [2.05, 4.69) is 5.32 Å². The molecule has 0 radical (unpaired) electrons. The molecule has 0 saturated carbocycles. The summed E-state index contributed by atoms with van der Waals surface area (Å²) in [5.41, 5.74) is 0.995. The van der Waals surface area contributed by atoms with Gasteiger partial charge in [-0.1, -0.05) is 29.8 Å². The smallest absolute Gasteiger partial charge is 0.0747 e. The number of halogens is 1. The number of rotatable bonds is 1. The molecule has 0 bridgehead atoms. The summed E-state index contributed by atoms with van der Waals surface area (Å²) >= 11 is 6.02. The molecule has 2 rings (SSSR count). The van der Waals surface area contributed by atoms with Gasteiger partial charge < -0.3 is 10.4 Å². The molecule has 3 heteroatoms. The molecule has 0 aromatic heterocycles. The van der Waals surface area contributed by atoms with E-state index < -0.39 is 0 Å². The van der Waals surface area contributed by atoms with Crippen molar-refractivity contribution >= 4 is 11.6 Å². The van der Waals surface area contributed by atoms with Crippen LogP contribution in [0.25, 0.3) is 0 Å². The Bertz CT molecular complexity index is 303. The molecule has 0 aliphatic carbocycles. The maximum Gasteiger partial charge on any atom is 0.0747 e. The van der Waals surface area contributed by atoms with Crippen LogP contribution < -0.4 is 5.32 Å². The molecule has 0 spiro atoms. The lowest BCUT2D eigenvalue weighted by molar-refractivity contribution is 0.160. The number of benzene rings is 1. The van der Waals surface area contributed by atoms with Crippen LogP contribution in [0.5, 0.6) is 0 Å². The van der Waals surface area contributed by atoms with Crippen molar-refractivity contribution in [2.75, 3.05) is 6.54 Å². The van der Waals surface area contributed by atoms with E-state index in [1.165, 1.54) is 0 Å². The Morgan fingerprint density at radius 2 is 2.15 bits per heavy atom. The number of aliphatic hydroxyl groups excluding tert-OH is 1. The summed E-state index contributed by atoms with van der Waals surface area (Å²) in [5.74, 6) is 0. The number of nitrogens with one attached hydrogen (secondary N) is 1. The van der Waals surface area contributed by atoms with E-state index in [9.17, 15) is 5.11 Å². The molecule has 0 amide bonds. The summed E-state index contributed by atoms with van der Waals surface area (Å²) in [6, 6.07) is 7.65. The Labute approximate surface area is 82.5 Å². The normalized spacial score (nSPS) is 27.8. The highest BCUT2D eigenvalue weighted by molar-refractivity contribution is 6.31. The summed E-state index contributed by atoms with van der Waals surface area (Å²) < 4.78 is 0. The van der Waals surface area contributed by atoms with Crippen molar-refractivity contribution in [3.05, 3.63) is 34.9 Å². The van der Waals surface area contributed by atoms with Gasteiger partial charge in [0.15, 0.2) is 0 Å². The van der Waals surface area contributed by atoms with Gasteiger partial charge in [0.25, 0.3) is 0 Å². The van der Waals surface area contributed by atoms with Crippen LogP contribution in [-0.4, -0.2) is 17.8 Å². The Balaban J connectivity index is 2.29. The molecule has 0 unspecified atom stereocenters. The van der Waals surface area contributed by atoms with Gasteiger partial charge in [0.2, 0.25) is 0 Å². The van der Waals surface area contributed by atoms with E-state index in [1.54, 1.807) is 0 Å². The van der Waals surface area contributed by atoms with Gasteiger partial charge in [-0.2, -0.15) is 0 Å². The first-order valence-electron chi connectivity index (χ1n) is 4.45. The molecular weight excluding hydrogens is 186 g/mol. The SMILES string of the molecule is O[C@H]1CCN[C@@H]1c1ccccc1Cl. The largest absolute Gasteiger partial charge is 0.391 e. The average Bonchev–Trinajstić information content (AvgIpc) is 2.52. The van der Waals surface area contributed by atoms with Gasteiger partial charge in [-0.25, -0.2) is 0 Å². The van der Waals surface area contributed by atoms with Crippen LogP contribution in [0, 0.1) is 0 Å². The second kappa shape index (κ2) is 3.66. The molecule has 1 heterocycles. The molecule has 2 N–H and O–H groups in total. The maximum atomic E-state index is 9.65. The van der Waals surface area contributed by atoms with Crippen molar-refractivity contribution in [1.82, 2.24) is 5.32 Å². The van der Waals surface area contributed by atoms with Crippen LogP contribution >= 0.6 is 11.6 Å². The molecule has 1 aliphatic rings. The molecule has 1 aliphatic heterocycles. The molecule has 2 atom stereocenters. The third-order valence-electron chi connectivity index (χ3n) is 2.43. The predicted molar refractivity (Wildman–Crippen MR) is 52.8 cm³/mol. The molecule has 70 valence electrons. The van der Waals surface area contributed by atoms with E-state index in [-0.39, 0.29) is 12.1 Å². The molecule has 1 fully saturated rings. The zero-order valence-corrected chi connectivity index (χ0v) is 7.96. The van der Waals surface area contributed by atoms with E-state index in [1.807, 2.05) is 24.3 Å². The van der Waals surface area contributed by atoms with E-state index in [0.717, 1.165) is 23.6 Å². The standard InChI is InChI=1S/C10H12ClNO/c11-8-4-2-1-3-7(8)10-9(13)5-6-12-10/h1-4,9-10,12-13H,5-6H2/t9-,10+/m0/s1. The lowest BCUT2D eigenvalue weighted by Gasteiger charge is -2.16. The van der Waals surface area contributed by atoms with Gasteiger partial charge in [0.1, 0.15) is 0 Å². The predicted octanol–water partition coefficient (Wildman–Crippen LogP) is 1.74. The van der Waals surface area contributed by atoms with Crippen molar-refractivity contribution in [2.24, 2.45) is 0 Å². The van der Waals surface area contributed by atoms with Crippen LogP contribution in [0.4, 0.5) is 0 Å². The van der Waals surface area contributed by atoms with Crippen LogP contribution in [0.1, 0.15) is 18.0 Å². The first-order valence-corrected chi connectivity index (χ1v) is 4.82. The fraction of sp³-hybridized carbons (Fsp3) is 0.400. The third-order valence-corrected chi connectivity index (χ3v) is 2.77. The van der Waals surface area contributed by atoms with Gasteiger partial charge in [-0.3, -0.25) is 0 Å². The number of aliphatic hydroxyl groups is 1. The lowest BCUT2D eigenvalue weighted by Crippen LogP contribution is -2.21. The molecule has 13 heavy (non-hydrogen) atoms. The maximum absolute atomic E-state index is 9.65. The average molecular weight is 198 g/mol. The summed E-state index contributed by atoms with van der Waals surface area (Å²) in [4.78, 5) is 0. The first kappa shape index (κ1) is 9.00. The van der Waals surface area contributed by atoms with Gasteiger partial charge >= 0.3 is 0 Å². The molecule has 1 aromatic rings. The van der Waals surface area contributed by atoms with Gasteiger partial charge in [0, 0.05) is 5.02 Å². The van der Waals surface area contributed by atoms with Crippen molar-refractivity contribution in [1.29, 1.82) is 0 Å². The Morgan fingerprint density at radius 3 is 2.77 bits per heavy atom. The highest BCUT2D eigenvalue weighted by Crippen LogP contribution is 2.28. The summed E-state index contributed by atoms with van der Waals surface area (Å²) in [7, 11) is 0. The monoisotopic (exact) mass is 197 g/mol. The first-order chi connectivity index (χ1) is 6.29. The van der Waals surface area contributed by atoms with Gasteiger partial charge in [0.05, 0.1) is 12.1 Å². The van der Waals surface area contributed by atoms with Crippen molar-refractivity contribution in [2.45, 2.75) is 18.6 Å². The number of hydrogen-bond acceptors (Lipinski definition) is 2. The summed E-state index contributed by atoms with van der Waals surface area (Å²) in [6.45, 7) is 0.858. The highest BCUT2D eigenvalue weighted by atomic mass is 35.5. The van der Waals surface area contributed by atoms with Gasteiger partial charge in [-0.05, 0) is 24.6 Å². The zero-order chi connectivity index (χ0) is 9.26. The summed E-state index contributed by atoms with van der Waals surface area (Å²) in [5, 5.41) is 13.6. The van der Waals surface area contributed by atoms with Crippen LogP contribution in [0.15, 0.2) is 24.3 Å². The van der Waals surface area contributed by atoms with E-state index in [0.29, 0.717) is 0 Å². The highest BCUT2D eigenvalue weighted by Gasteiger charge is 2.27. The minimum atomic E-state index is -0.306. The third kappa shape index (κ3) is 1.70. The fourth-order valence-electron chi connectivity index (χ4n) is 1.73. The summed E-state index contributed by atoms with van der Waals surface area (Å²) in [6.07, 6.45) is 0.496. The fourth-order valence-corrected chi connectivity index (χ4v) is 1.99. The Hall–Kier alpha value is -0.570. The minimum absolute atomic E-state index is 0.00806. The molecule has 1 saturated heterocycles. The van der Waals surface area contributed by atoms with Gasteiger partial charge in [-0.15, -0.1) is 0 Å². The number of hydrogen-bond donors (Lipinski definition) is 2. The van der Waals surface area contributed by atoms with Crippen LogP contribution in [-0.2, 0) is 0 Å². The topological polar surface area (TPSA) is 32.3 Å². The van der Waals surface area contributed by atoms with E-state index in [4.69, 9.17) is 11.6 Å². The molecule has 1 aromatic carbocycles. The Morgan fingerprint density at radius 1 is 1.38 bits per heavy atom. The molecular formula is C10H12ClNO. The Kier molecular flexibility index (Phi) is 2.54. The second-order valence-corrected chi connectivity index (χ2v) is 3.72. The second-order valence-electron chi connectivity index (χ2n) is 3.31. The van der Waals surface area contributed by atoms with E-state index >= 15 is 0 Å². The van der Waals surface area contributed by atoms with Crippen molar-refractivity contribution in [3.8, 4) is 0 Å². The van der Waals surface area contributed by atoms with Crippen LogP contribution in [0.2, 0.25) is 5.02 Å². The van der Waals surface area contributed by atoms with Crippen molar-refractivity contribution < 1.29 is 5.11 Å².